The molecule has 1 heterocycles. The number of hydrogen-bond donors (Lipinski definition) is 3. The number of aromatic nitrogens is 1. The number of sulfonamides is 1. The van der Waals surface area contributed by atoms with Crippen molar-refractivity contribution in [2.24, 2.45) is 0 Å². The van der Waals surface area contributed by atoms with E-state index >= 15 is 0 Å². The van der Waals surface area contributed by atoms with Crippen molar-refractivity contribution in [1.82, 2.24) is 9.71 Å². The highest BCUT2D eigenvalue weighted by atomic mass is 32.2. The third kappa shape index (κ3) is 4.25. The molecule has 3 rings (SSSR count). The van der Waals surface area contributed by atoms with Crippen molar-refractivity contribution < 1.29 is 26.7 Å². The van der Waals surface area contributed by atoms with Crippen LogP contribution in [0.25, 0.3) is 10.9 Å². The van der Waals surface area contributed by atoms with Gasteiger partial charge in [0.1, 0.15) is 11.8 Å². The first kappa shape index (κ1) is 21.2. The Kier molecular flexibility index (Phi) is 5.40. The van der Waals surface area contributed by atoms with Gasteiger partial charge in [-0.3, -0.25) is 0 Å². The summed E-state index contributed by atoms with van der Waals surface area (Å²) >= 11 is 0. The summed E-state index contributed by atoms with van der Waals surface area (Å²) in [5.74, 6) is -0.173. The lowest BCUT2D eigenvalue weighted by Gasteiger charge is -2.23. The number of phenols is 1. The van der Waals surface area contributed by atoms with Crippen LogP contribution < -0.4 is 4.72 Å². The maximum absolute atomic E-state index is 13.7. The highest BCUT2D eigenvalue weighted by Gasteiger charge is 2.43. The van der Waals surface area contributed by atoms with E-state index in [0.29, 0.717) is 16.6 Å². The van der Waals surface area contributed by atoms with Gasteiger partial charge in [0.15, 0.2) is 0 Å². The molecular weight excluding hydrogens is 405 g/mol. The molecule has 0 fully saturated rings. The zero-order valence-corrected chi connectivity index (χ0v) is 16.9. The third-order valence-electron chi connectivity index (χ3n) is 4.76. The van der Waals surface area contributed by atoms with Crippen LogP contribution in [0.15, 0.2) is 41.4 Å². The molecule has 0 spiro atoms. The quantitative estimate of drug-likeness (QED) is 0.570. The number of alkyl halides is 3. The van der Waals surface area contributed by atoms with Crippen molar-refractivity contribution in [3.63, 3.8) is 0 Å². The fourth-order valence-electron chi connectivity index (χ4n) is 3.68. The smallest absolute Gasteiger partial charge is 0.405 e. The molecule has 2 aromatic carbocycles. The number of aromatic amines is 1. The zero-order chi connectivity index (χ0) is 21.6. The van der Waals surface area contributed by atoms with E-state index in [4.69, 9.17) is 0 Å². The van der Waals surface area contributed by atoms with Gasteiger partial charge >= 0.3 is 6.18 Å². The summed E-state index contributed by atoms with van der Waals surface area (Å²) in [6.07, 6.45) is -4.14. The minimum absolute atomic E-state index is 0.154. The van der Waals surface area contributed by atoms with Crippen LogP contribution in [-0.2, 0) is 16.4 Å². The average molecular weight is 426 g/mol. The number of rotatable bonds is 5. The highest BCUT2D eigenvalue weighted by molar-refractivity contribution is 7.89. The first-order chi connectivity index (χ1) is 13.4. The molecule has 0 saturated heterocycles. The van der Waals surface area contributed by atoms with Gasteiger partial charge in [0.05, 0.1) is 4.90 Å². The Bertz CT molecular complexity index is 1140. The lowest BCUT2D eigenvalue weighted by molar-refractivity contribution is -0.150. The van der Waals surface area contributed by atoms with Gasteiger partial charge in [-0.2, -0.15) is 17.9 Å². The molecule has 9 heteroatoms. The van der Waals surface area contributed by atoms with Crippen LogP contribution >= 0.6 is 0 Å². The third-order valence-corrected chi connectivity index (χ3v) is 6.53. The number of benzene rings is 2. The van der Waals surface area contributed by atoms with Crippen LogP contribution in [-0.4, -0.2) is 30.7 Å². The van der Waals surface area contributed by atoms with Crippen molar-refractivity contribution in [2.75, 3.05) is 0 Å². The molecule has 0 saturated carbocycles. The standard InChI is InChI=1S/C20H21F3N2O3S/c1-11-7-12(2)19(13(3)8-11)29(27,28)25-17(20(21,22)23)9-14-10-24-15-5-4-6-16(26)18(14)15/h4-8,10,17,24-26H,9H2,1-3H3. The van der Waals surface area contributed by atoms with Crippen LogP contribution in [0.2, 0.25) is 0 Å². The monoisotopic (exact) mass is 426 g/mol. The van der Waals surface area contributed by atoms with Crippen LogP contribution in [0.4, 0.5) is 13.2 Å². The van der Waals surface area contributed by atoms with Gasteiger partial charge in [-0.1, -0.05) is 23.8 Å². The minimum atomic E-state index is -4.83. The molecule has 1 unspecified atom stereocenters. The average Bonchev–Trinajstić information content (AvgIpc) is 2.96. The SMILES string of the molecule is Cc1cc(C)c(S(=O)(=O)NC(Cc2c[nH]c3cccc(O)c23)C(F)(F)F)c(C)c1. The van der Waals surface area contributed by atoms with Crippen LogP contribution in [0.1, 0.15) is 22.3 Å². The normalized spacial score (nSPS) is 13.7. The number of nitrogens with one attached hydrogen (secondary N) is 2. The predicted octanol–water partition coefficient (Wildman–Crippen LogP) is 4.25. The van der Waals surface area contributed by atoms with Crippen molar-refractivity contribution in [3.8, 4) is 5.75 Å². The van der Waals surface area contributed by atoms with Crippen LogP contribution in [0, 0.1) is 20.8 Å². The molecule has 3 N–H and O–H groups in total. The van der Waals surface area contributed by atoms with E-state index < -0.39 is 28.7 Å². The maximum atomic E-state index is 13.7. The molecule has 29 heavy (non-hydrogen) atoms. The van der Waals surface area contributed by atoms with Gasteiger partial charge < -0.3 is 10.1 Å². The summed E-state index contributed by atoms with van der Waals surface area (Å²) in [6, 6.07) is 5.41. The molecule has 0 bridgehead atoms. The Morgan fingerprint density at radius 1 is 1.14 bits per heavy atom. The maximum Gasteiger partial charge on any atom is 0.405 e. The number of H-pyrrole nitrogens is 1. The first-order valence-corrected chi connectivity index (χ1v) is 10.3. The molecule has 156 valence electrons. The Labute approximate surface area is 166 Å². The second-order valence-corrected chi connectivity index (χ2v) is 8.81. The van der Waals surface area contributed by atoms with E-state index in [2.05, 4.69) is 4.98 Å². The minimum Gasteiger partial charge on any atom is -0.507 e. The van der Waals surface area contributed by atoms with Gasteiger partial charge in [-0.25, -0.2) is 8.42 Å². The summed E-state index contributed by atoms with van der Waals surface area (Å²) in [4.78, 5) is 2.65. The second kappa shape index (κ2) is 7.38. The van der Waals surface area contributed by atoms with Gasteiger partial charge in [0.2, 0.25) is 10.0 Å². The molecule has 0 aliphatic heterocycles. The summed E-state index contributed by atoms with van der Waals surface area (Å²) < 4.78 is 68.7. The second-order valence-electron chi connectivity index (χ2n) is 7.16. The fraction of sp³-hybridized carbons (Fsp3) is 0.300. The Hall–Kier alpha value is -2.52. The van der Waals surface area contributed by atoms with E-state index in [-0.39, 0.29) is 21.6 Å². The van der Waals surface area contributed by atoms with E-state index in [1.54, 1.807) is 45.0 Å². The molecular formula is C20H21F3N2O3S. The molecule has 5 nitrogen and oxygen atoms in total. The number of aromatic hydroxyl groups is 1. The summed E-state index contributed by atoms with van der Waals surface area (Å²) in [7, 11) is -4.43. The van der Waals surface area contributed by atoms with E-state index in [1.807, 2.05) is 4.72 Å². The predicted molar refractivity (Wildman–Crippen MR) is 104 cm³/mol. The van der Waals surface area contributed by atoms with Gasteiger partial charge in [0.25, 0.3) is 0 Å². The summed E-state index contributed by atoms with van der Waals surface area (Å²) in [5, 5.41) is 10.3. The van der Waals surface area contributed by atoms with E-state index in [9.17, 15) is 26.7 Å². The van der Waals surface area contributed by atoms with Crippen molar-refractivity contribution in [1.29, 1.82) is 0 Å². The highest BCUT2D eigenvalue weighted by Crippen LogP contribution is 2.32. The van der Waals surface area contributed by atoms with Crippen LogP contribution in [0.3, 0.4) is 0 Å². The topological polar surface area (TPSA) is 82.2 Å². The van der Waals surface area contributed by atoms with Gasteiger partial charge in [-0.15, -0.1) is 0 Å². The van der Waals surface area contributed by atoms with Crippen LogP contribution in [0.5, 0.6) is 5.75 Å². The molecule has 0 radical (unpaired) electrons. The Morgan fingerprint density at radius 3 is 2.34 bits per heavy atom. The number of halogens is 3. The number of hydrogen-bond acceptors (Lipinski definition) is 3. The summed E-state index contributed by atoms with van der Waals surface area (Å²) in [5.41, 5.74) is 2.20. The molecule has 3 aromatic rings. The Morgan fingerprint density at radius 2 is 1.76 bits per heavy atom. The molecule has 1 aromatic heterocycles. The number of fused-ring (bicyclic) bond motifs is 1. The van der Waals surface area contributed by atoms with Crippen molar-refractivity contribution in [2.45, 2.75) is 44.3 Å². The van der Waals surface area contributed by atoms with Crippen molar-refractivity contribution in [3.05, 3.63) is 58.8 Å². The number of phenolic OH excluding ortho intramolecular Hbond substituents is 1. The number of aryl methyl sites for hydroxylation is 3. The first-order valence-electron chi connectivity index (χ1n) is 8.85. The lowest BCUT2D eigenvalue weighted by Crippen LogP contribution is -2.47. The van der Waals surface area contributed by atoms with Gasteiger partial charge in [-0.05, 0) is 56.0 Å². The van der Waals surface area contributed by atoms with E-state index in [1.165, 1.54) is 12.3 Å². The van der Waals surface area contributed by atoms with Crippen molar-refractivity contribution >= 4 is 20.9 Å². The molecule has 0 aliphatic carbocycles. The molecule has 0 amide bonds. The lowest BCUT2D eigenvalue weighted by atomic mass is 10.0. The Balaban J connectivity index is 2.00. The zero-order valence-electron chi connectivity index (χ0n) is 16.1. The molecule has 0 aliphatic rings. The summed E-state index contributed by atoms with van der Waals surface area (Å²) in [6.45, 7) is 4.88. The fourth-order valence-corrected chi connectivity index (χ4v) is 5.35. The molecule has 1 atom stereocenters. The van der Waals surface area contributed by atoms with E-state index in [0.717, 1.165) is 5.56 Å². The largest absolute Gasteiger partial charge is 0.507 e. The van der Waals surface area contributed by atoms with Gasteiger partial charge in [0, 0.05) is 17.1 Å².